The second-order valence-electron chi connectivity index (χ2n) is 4.83. The van der Waals surface area contributed by atoms with Crippen molar-refractivity contribution >= 4 is 17.4 Å². The molecule has 0 saturated heterocycles. The number of carbonyl (C=O) groups is 1. The second-order valence-corrected chi connectivity index (χ2v) is 4.83. The third-order valence-corrected chi connectivity index (χ3v) is 3.30. The average molecular weight is 234 g/mol. The first-order chi connectivity index (χ1) is 7.99. The highest BCUT2D eigenvalue weighted by molar-refractivity contribution is 5.91. The van der Waals surface area contributed by atoms with Crippen LogP contribution in [0.1, 0.15) is 23.8 Å². The van der Waals surface area contributed by atoms with Crippen molar-refractivity contribution in [2.75, 3.05) is 24.2 Å². The molecule has 1 heterocycles. The zero-order chi connectivity index (χ0) is 12.6. The number of carbonyl (C=O) groups excluding carboxylic acids is 1. The standard InChI is InChI=1S/C12H18N4O/c1-7-5-8(7)6-16(2)12-9(13)3-4-10(15-12)11(14)17/h3-4,7-8H,5-6,13H2,1-2H3,(H2,14,17). The summed E-state index contributed by atoms with van der Waals surface area (Å²) in [5.74, 6) is 1.59. The molecule has 2 rings (SSSR count). The van der Waals surface area contributed by atoms with Gasteiger partial charge in [-0.25, -0.2) is 4.98 Å². The summed E-state index contributed by atoms with van der Waals surface area (Å²) in [5.41, 5.74) is 11.9. The van der Waals surface area contributed by atoms with Crippen LogP contribution in [-0.4, -0.2) is 24.5 Å². The molecular formula is C12H18N4O. The zero-order valence-electron chi connectivity index (χ0n) is 10.2. The lowest BCUT2D eigenvalue weighted by Gasteiger charge is -2.20. The van der Waals surface area contributed by atoms with E-state index in [1.54, 1.807) is 12.1 Å². The van der Waals surface area contributed by atoms with Gasteiger partial charge in [0, 0.05) is 13.6 Å². The van der Waals surface area contributed by atoms with Gasteiger partial charge in [-0.3, -0.25) is 4.79 Å². The summed E-state index contributed by atoms with van der Waals surface area (Å²) in [4.78, 5) is 17.3. The van der Waals surface area contributed by atoms with Crippen LogP contribution in [0.25, 0.3) is 0 Å². The van der Waals surface area contributed by atoms with Crippen molar-refractivity contribution in [3.05, 3.63) is 17.8 Å². The number of nitrogens with two attached hydrogens (primary N) is 2. The second kappa shape index (κ2) is 4.24. The minimum absolute atomic E-state index is 0.255. The summed E-state index contributed by atoms with van der Waals surface area (Å²) >= 11 is 0. The van der Waals surface area contributed by atoms with E-state index in [1.807, 2.05) is 11.9 Å². The summed E-state index contributed by atoms with van der Waals surface area (Å²) in [6, 6.07) is 3.23. The maximum absolute atomic E-state index is 11.1. The average Bonchev–Trinajstić information content (AvgIpc) is 2.94. The van der Waals surface area contributed by atoms with E-state index < -0.39 is 5.91 Å². The van der Waals surface area contributed by atoms with Gasteiger partial charge in [0.15, 0.2) is 5.82 Å². The molecule has 1 aromatic rings. The van der Waals surface area contributed by atoms with Gasteiger partial charge in [0.25, 0.3) is 5.91 Å². The molecule has 1 aliphatic rings. The molecule has 2 unspecified atom stereocenters. The van der Waals surface area contributed by atoms with E-state index in [0.29, 0.717) is 17.4 Å². The van der Waals surface area contributed by atoms with Crippen LogP contribution in [0, 0.1) is 11.8 Å². The molecule has 4 N–H and O–H groups in total. The normalized spacial score (nSPS) is 22.2. The van der Waals surface area contributed by atoms with Gasteiger partial charge in [-0.2, -0.15) is 0 Å². The third kappa shape index (κ3) is 2.49. The van der Waals surface area contributed by atoms with Crippen LogP contribution in [0.2, 0.25) is 0 Å². The highest BCUT2D eigenvalue weighted by Gasteiger charge is 2.33. The van der Waals surface area contributed by atoms with Crippen molar-refractivity contribution in [1.29, 1.82) is 0 Å². The first kappa shape index (κ1) is 11.7. The van der Waals surface area contributed by atoms with Gasteiger partial charge < -0.3 is 16.4 Å². The van der Waals surface area contributed by atoms with E-state index in [2.05, 4.69) is 11.9 Å². The van der Waals surface area contributed by atoms with Gasteiger partial charge in [-0.15, -0.1) is 0 Å². The predicted octanol–water partition coefficient (Wildman–Crippen LogP) is 0.855. The van der Waals surface area contributed by atoms with Crippen LogP contribution in [0.4, 0.5) is 11.5 Å². The first-order valence-electron chi connectivity index (χ1n) is 5.76. The third-order valence-electron chi connectivity index (χ3n) is 3.30. The maximum atomic E-state index is 11.1. The molecule has 17 heavy (non-hydrogen) atoms. The molecule has 0 aliphatic heterocycles. The summed E-state index contributed by atoms with van der Waals surface area (Å²) in [6.07, 6.45) is 1.25. The van der Waals surface area contributed by atoms with Gasteiger partial charge in [-0.1, -0.05) is 6.92 Å². The van der Waals surface area contributed by atoms with E-state index in [-0.39, 0.29) is 5.69 Å². The van der Waals surface area contributed by atoms with E-state index in [1.165, 1.54) is 6.42 Å². The number of pyridine rings is 1. The fourth-order valence-electron chi connectivity index (χ4n) is 1.99. The Kier molecular flexibility index (Phi) is 2.92. The summed E-state index contributed by atoms with van der Waals surface area (Å²) in [7, 11) is 1.94. The van der Waals surface area contributed by atoms with E-state index in [0.717, 1.165) is 12.5 Å². The Balaban J connectivity index is 2.17. The fraction of sp³-hybridized carbons (Fsp3) is 0.500. The molecule has 0 spiro atoms. The van der Waals surface area contributed by atoms with Crippen LogP contribution in [-0.2, 0) is 0 Å². The summed E-state index contributed by atoms with van der Waals surface area (Å²) < 4.78 is 0. The van der Waals surface area contributed by atoms with Gasteiger partial charge in [-0.05, 0) is 30.4 Å². The van der Waals surface area contributed by atoms with Crippen LogP contribution >= 0.6 is 0 Å². The Morgan fingerprint density at radius 2 is 2.24 bits per heavy atom. The number of amides is 1. The molecule has 1 aromatic heterocycles. The van der Waals surface area contributed by atoms with Crippen molar-refractivity contribution < 1.29 is 4.79 Å². The lowest BCUT2D eigenvalue weighted by atomic mass is 10.2. The number of anilines is 2. The maximum Gasteiger partial charge on any atom is 0.267 e. The molecule has 1 saturated carbocycles. The quantitative estimate of drug-likeness (QED) is 0.809. The Hall–Kier alpha value is -1.78. The number of rotatable bonds is 4. The first-order valence-corrected chi connectivity index (χ1v) is 5.76. The van der Waals surface area contributed by atoms with Crippen molar-refractivity contribution in [1.82, 2.24) is 4.98 Å². The number of hydrogen-bond donors (Lipinski definition) is 2. The Morgan fingerprint density at radius 1 is 1.59 bits per heavy atom. The van der Waals surface area contributed by atoms with Crippen molar-refractivity contribution in [2.24, 2.45) is 17.6 Å². The minimum atomic E-state index is -0.528. The Morgan fingerprint density at radius 3 is 2.76 bits per heavy atom. The number of nitrogen functional groups attached to an aromatic ring is 1. The van der Waals surface area contributed by atoms with Crippen molar-refractivity contribution in [3.8, 4) is 0 Å². The van der Waals surface area contributed by atoms with Gasteiger partial charge in [0.2, 0.25) is 0 Å². The largest absolute Gasteiger partial charge is 0.396 e. The zero-order valence-corrected chi connectivity index (χ0v) is 10.2. The molecule has 0 bridgehead atoms. The number of nitrogens with zero attached hydrogens (tertiary/aromatic N) is 2. The van der Waals surface area contributed by atoms with Crippen LogP contribution in [0.5, 0.6) is 0 Å². The molecule has 2 atom stereocenters. The molecule has 0 radical (unpaired) electrons. The van der Waals surface area contributed by atoms with Crippen LogP contribution < -0.4 is 16.4 Å². The molecular weight excluding hydrogens is 216 g/mol. The van der Waals surface area contributed by atoms with Gasteiger partial charge in [0.05, 0.1) is 5.69 Å². The molecule has 5 nitrogen and oxygen atoms in total. The monoisotopic (exact) mass is 234 g/mol. The Bertz CT molecular complexity index is 446. The van der Waals surface area contributed by atoms with Crippen molar-refractivity contribution in [3.63, 3.8) is 0 Å². The summed E-state index contributed by atoms with van der Waals surface area (Å²) in [5, 5.41) is 0. The fourth-order valence-corrected chi connectivity index (χ4v) is 1.99. The predicted molar refractivity (Wildman–Crippen MR) is 67.7 cm³/mol. The molecule has 1 fully saturated rings. The van der Waals surface area contributed by atoms with Crippen LogP contribution in [0.3, 0.4) is 0 Å². The number of aromatic nitrogens is 1. The van der Waals surface area contributed by atoms with Gasteiger partial charge in [0.1, 0.15) is 5.69 Å². The number of hydrogen-bond acceptors (Lipinski definition) is 4. The lowest BCUT2D eigenvalue weighted by Crippen LogP contribution is -2.24. The molecule has 1 aliphatic carbocycles. The highest BCUT2D eigenvalue weighted by Crippen LogP contribution is 2.38. The van der Waals surface area contributed by atoms with Crippen molar-refractivity contribution in [2.45, 2.75) is 13.3 Å². The van der Waals surface area contributed by atoms with E-state index >= 15 is 0 Å². The smallest absolute Gasteiger partial charge is 0.267 e. The molecule has 0 aromatic carbocycles. The van der Waals surface area contributed by atoms with E-state index in [4.69, 9.17) is 11.5 Å². The molecule has 1 amide bonds. The topological polar surface area (TPSA) is 85.2 Å². The van der Waals surface area contributed by atoms with Gasteiger partial charge >= 0.3 is 0 Å². The van der Waals surface area contributed by atoms with E-state index in [9.17, 15) is 4.79 Å². The van der Waals surface area contributed by atoms with Crippen LogP contribution in [0.15, 0.2) is 12.1 Å². The number of primary amides is 1. The SMILES string of the molecule is CC1CC1CN(C)c1nc(C(N)=O)ccc1N. The lowest BCUT2D eigenvalue weighted by molar-refractivity contribution is 0.0995. The minimum Gasteiger partial charge on any atom is -0.396 e. The summed E-state index contributed by atoms with van der Waals surface area (Å²) in [6.45, 7) is 3.15. The highest BCUT2D eigenvalue weighted by atomic mass is 16.1. The molecule has 5 heteroatoms. The Labute approximate surface area is 101 Å². The molecule has 92 valence electrons.